The molecule has 0 bridgehead atoms. The van der Waals surface area contributed by atoms with Gasteiger partial charge in [-0.2, -0.15) is 0 Å². The molecule has 40 heavy (non-hydrogen) atoms. The third-order valence-electron chi connectivity index (χ3n) is 7.58. The third-order valence-corrected chi connectivity index (χ3v) is 8.42. The number of anilines is 2. The highest BCUT2D eigenvalue weighted by molar-refractivity contribution is 7.40. The summed E-state index contributed by atoms with van der Waals surface area (Å²) in [5.74, 6) is 4.03. The quantitative estimate of drug-likeness (QED) is 0.212. The van der Waals surface area contributed by atoms with Crippen LogP contribution in [0, 0.1) is 0 Å². The van der Waals surface area contributed by atoms with Crippen LogP contribution in [0.5, 0.6) is 11.5 Å². The molecular weight excluding hydrogens is 513 g/mol. The Bertz CT molecular complexity index is 2140. The monoisotopic (exact) mass is 537 g/mol. The zero-order chi connectivity index (χ0) is 26.8. The van der Waals surface area contributed by atoms with Gasteiger partial charge in [0, 0.05) is 22.4 Å². The van der Waals surface area contributed by atoms with Crippen molar-refractivity contribution in [1.29, 1.82) is 0 Å². The summed E-state index contributed by atoms with van der Waals surface area (Å²) in [6.45, 7) is 4.28. The number of fused-ring (bicyclic) bond motifs is 6. The summed E-state index contributed by atoms with van der Waals surface area (Å²) in [4.78, 5) is 12.7. The molecule has 7 heteroatoms. The second-order valence-electron chi connectivity index (χ2n) is 9.81. The molecule has 0 amide bonds. The molecule has 6 nitrogen and oxygen atoms in total. The number of hydrogen-bond acceptors (Lipinski definition) is 3. The highest BCUT2D eigenvalue weighted by Gasteiger charge is 2.29. The smallest absolute Gasteiger partial charge is 0.183 e. The first-order valence-corrected chi connectivity index (χ1v) is 14.5. The molecule has 0 atom stereocenters. The van der Waals surface area contributed by atoms with Gasteiger partial charge in [-0.25, -0.2) is 9.97 Å². The Morgan fingerprint density at radius 1 is 0.725 bits per heavy atom. The minimum absolute atomic E-state index is 0.748. The molecule has 3 aromatic carbocycles. The summed E-state index contributed by atoms with van der Waals surface area (Å²) >= 11 is 0. The lowest BCUT2D eigenvalue weighted by molar-refractivity contribution is 0.476. The van der Waals surface area contributed by atoms with Crippen molar-refractivity contribution in [2.45, 2.75) is 6.92 Å². The van der Waals surface area contributed by atoms with Crippen molar-refractivity contribution in [3.05, 3.63) is 109 Å². The molecule has 5 heterocycles. The lowest BCUT2D eigenvalue weighted by Crippen LogP contribution is -2.26. The topological polar surface area (TPSA) is 48.1 Å². The van der Waals surface area contributed by atoms with Crippen molar-refractivity contribution in [3.63, 3.8) is 0 Å². The number of aromatic nitrogens is 4. The van der Waals surface area contributed by atoms with E-state index < -0.39 is 0 Å². The third kappa shape index (κ3) is 3.33. The van der Waals surface area contributed by atoms with E-state index in [9.17, 15) is 0 Å². The van der Waals surface area contributed by atoms with Gasteiger partial charge in [-0.05, 0) is 67.5 Å². The van der Waals surface area contributed by atoms with Crippen LogP contribution in [0.25, 0.3) is 44.5 Å². The summed E-state index contributed by atoms with van der Waals surface area (Å²) < 4.78 is 10.7. The van der Waals surface area contributed by atoms with E-state index in [0.29, 0.717) is 0 Å². The molecule has 0 saturated heterocycles. The van der Waals surface area contributed by atoms with Gasteiger partial charge in [0.2, 0.25) is 0 Å². The number of nitrogens with zero attached hydrogens (tertiary/aromatic N) is 5. The second kappa shape index (κ2) is 8.80. The van der Waals surface area contributed by atoms with Gasteiger partial charge in [0.25, 0.3) is 0 Å². The molecular formula is C33H24N5OP. The van der Waals surface area contributed by atoms with Gasteiger partial charge in [-0.3, -0.25) is 9.47 Å². The van der Waals surface area contributed by atoms with E-state index in [0.717, 1.165) is 70.3 Å². The van der Waals surface area contributed by atoms with Gasteiger partial charge in [0.15, 0.2) is 17.3 Å². The Morgan fingerprint density at radius 3 is 2.40 bits per heavy atom. The zero-order valence-electron chi connectivity index (χ0n) is 22.0. The molecule has 4 aromatic heterocycles. The van der Waals surface area contributed by atoms with Crippen LogP contribution in [0.4, 0.5) is 11.5 Å². The van der Waals surface area contributed by atoms with Gasteiger partial charge in [0.05, 0.1) is 16.7 Å². The fourth-order valence-corrected chi connectivity index (χ4v) is 6.07. The molecule has 0 saturated carbocycles. The largest absolute Gasteiger partial charge is 0.451 e. The minimum Gasteiger partial charge on any atom is -0.451 e. The Balaban J connectivity index is 1.39. The van der Waals surface area contributed by atoms with Gasteiger partial charge < -0.3 is 9.30 Å². The van der Waals surface area contributed by atoms with Gasteiger partial charge in [0.1, 0.15) is 17.3 Å². The maximum Gasteiger partial charge on any atom is 0.183 e. The molecule has 7 aromatic rings. The van der Waals surface area contributed by atoms with Crippen LogP contribution in [0.15, 0.2) is 109 Å². The second-order valence-corrected chi connectivity index (χ2v) is 10.9. The van der Waals surface area contributed by atoms with E-state index in [-0.39, 0.29) is 0 Å². The summed E-state index contributed by atoms with van der Waals surface area (Å²) in [5.41, 5.74) is 5.18. The maximum absolute atomic E-state index is 6.43. The molecule has 0 N–H and O–H groups in total. The molecule has 0 unspecified atom stereocenters. The standard InChI is InChI=1S/C33H24N5OP/c1-21(40-2)37-27-14-7-8-15-28(27)39-29-20-24-23-11-4-6-13-26(23)38(32(24)35-33(29)37)31-17-9-16-30(34-31)36-19-18-22-10-3-5-12-25(22)36/h3-20H,1-2H3. The fourth-order valence-electron chi connectivity index (χ4n) is 5.66. The van der Waals surface area contributed by atoms with Crippen LogP contribution in [-0.2, 0) is 0 Å². The Labute approximate surface area is 232 Å². The Hall–Kier alpha value is -4.93. The number of ether oxygens (including phenoxy) is 1. The van der Waals surface area contributed by atoms with Crippen LogP contribution < -0.4 is 9.64 Å². The van der Waals surface area contributed by atoms with Crippen LogP contribution in [-0.4, -0.2) is 31.2 Å². The van der Waals surface area contributed by atoms with Crippen molar-refractivity contribution >= 4 is 58.0 Å². The Kier molecular flexibility index (Phi) is 5.06. The normalized spacial score (nSPS) is 13.1. The average Bonchev–Trinajstić information content (AvgIpc) is 3.58. The highest BCUT2D eigenvalue weighted by atomic mass is 31.1. The number of benzene rings is 3. The van der Waals surface area contributed by atoms with E-state index in [1.54, 1.807) is 0 Å². The first-order chi connectivity index (χ1) is 19.7. The van der Waals surface area contributed by atoms with Crippen molar-refractivity contribution in [3.8, 4) is 23.1 Å². The van der Waals surface area contributed by atoms with Gasteiger partial charge in [-0.15, -0.1) is 0 Å². The first kappa shape index (κ1) is 23.0. The Morgan fingerprint density at radius 2 is 1.50 bits per heavy atom. The van der Waals surface area contributed by atoms with Crippen molar-refractivity contribution in [1.82, 2.24) is 19.1 Å². The van der Waals surface area contributed by atoms with Crippen LogP contribution in [0.1, 0.15) is 6.92 Å². The molecule has 0 radical (unpaired) electrons. The van der Waals surface area contributed by atoms with E-state index in [4.69, 9.17) is 14.7 Å². The predicted molar refractivity (Wildman–Crippen MR) is 165 cm³/mol. The molecule has 0 aliphatic carbocycles. The van der Waals surface area contributed by atoms with E-state index in [1.165, 1.54) is 10.8 Å². The maximum atomic E-state index is 6.43. The molecule has 192 valence electrons. The SMILES string of the molecule is CP=C(C)N1c2ccccc2Oc2cc3c4ccccc4n(-c4cccc(-n5ccc6ccccc65)n4)c3nc21. The zero-order valence-corrected chi connectivity index (χ0v) is 22.9. The number of hydrogen-bond donors (Lipinski definition) is 0. The van der Waals surface area contributed by atoms with Gasteiger partial charge >= 0.3 is 0 Å². The molecule has 1 aliphatic heterocycles. The summed E-state index contributed by atoms with van der Waals surface area (Å²) in [5, 5.41) is 3.32. The molecule has 8 rings (SSSR count). The lowest BCUT2D eigenvalue weighted by atomic mass is 10.1. The molecule has 1 aliphatic rings. The predicted octanol–water partition coefficient (Wildman–Crippen LogP) is 8.49. The van der Waals surface area contributed by atoms with Crippen molar-refractivity contribution in [2.24, 2.45) is 0 Å². The van der Waals surface area contributed by atoms with Crippen molar-refractivity contribution in [2.75, 3.05) is 11.6 Å². The summed E-state index contributed by atoms with van der Waals surface area (Å²) in [7, 11) is 1.16. The van der Waals surface area contributed by atoms with E-state index in [1.807, 2.05) is 30.3 Å². The van der Waals surface area contributed by atoms with Crippen LogP contribution in [0.2, 0.25) is 0 Å². The molecule has 0 spiro atoms. The number of pyridine rings is 2. The fraction of sp³-hybridized carbons (Fsp3) is 0.0606. The summed E-state index contributed by atoms with van der Waals surface area (Å²) in [6.07, 6.45) is 2.08. The van der Waals surface area contributed by atoms with E-state index >= 15 is 0 Å². The van der Waals surface area contributed by atoms with Gasteiger partial charge in [-0.1, -0.05) is 62.8 Å². The molecule has 0 fully saturated rings. The van der Waals surface area contributed by atoms with Crippen molar-refractivity contribution < 1.29 is 4.74 Å². The first-order valence-electron chi connectivity index (χ1n) is 13.2. The highest BCUT2D eigenvalue weighted by Crippen LogP contribution is 2.48. The number of rotatable bonds is 3. The van der Waals surface area contributed by atoms with E-state index in [2.05, 4.69) is 107 Å². The van der Waals surface area contributed by atoms with Crippen LogP contribution in [0.3, 0.4) is 0 Å². The van der Waals surface area contributed by atoms with Crippen LogP contribution >= 0.6 is 8.20 Å². The average molecular weight is 538 g/mol. The summed E-state index contributed by atoms with van der Waals surface area (Å²) in [6, 6.07) is 35.3. The number of para-hydroxylation sites is 4. The minimum atomic E-state index is 0.748. The lowest BCUT2D eigenvalue weighted by Gasteiger charge is -2.31.